The monoisotopic (exact) mass is 264 g/mol. The zero-order chi connectivity index (χ0) is 13.1. The Bertz CT molecular complexity index is 584. The Morgan fingerprint density at radius 1 is 1.28 bits per heavy atom. The van der Waals surface area contributed by atoms with Crippen molar-refractivity contribution in [1.82, 2.24) is 10.2 Å². The van der Waals surface area contributed by atoms with Gasteiger partial charge in [0.15, 0.2) is 5.15 Å². The van der Waals surface area contributed by atoms with Crippen molar-refractivity contribution in [3.05, 3.63) is 41.0 Å². The van der Waals surface area contributed by atoms with E-state index in [0.717, 1.165) is 5.56 Å². The molecule has 1 N–H and O–H groups in total. The fraction of sp³-hybridized carbons (Fsp3) is 0.0833. The molecule has 0 aliphatic carbocycles. The summed E-state index contributed by atoms with van der Waals surface area (Å²) in [7, 11) is 1.57. The van der Waals surface area contributed by atoms with E-state index in [0.29, 0.717) is 11.4 Å². The van der Waals surface area contributed by atoms with Crippen LogP contribution in [0.5, 0.6) is 5.75 Å². The van der Waals surface area contributed by atoms with E-state index in [1.165, 1.54) is 6.07 Å². The fourth-order valence-corrected chi connectivity index (χ4v) is 1.60. The molecule has 2 rings (SSSR count). The van der Waals surface area contributed by atoms with Gasteiger partial charge < -0.3 is 9.84 Å². The van der Waals surface area contributed by atoms with Crippen LogP contribution in [0.25, 0.3) is 11.3 Å². The van der Waals surface area contributed by atoms with Gasteiger partial charge in [0, 0.05) is 5.56 Å². The number of hydrogen-bond donors (Lipinski definition) is 1. The molecule has 0 bridgehead atoms. The summed E-state index contributed by atoms with van der Waals surface area (Å²) < 4.78 is 5.03. The first-order valence-corrected chi connectivity index (χ1v) is 5.40. The lowest BCUT2D eigenvalue weighted by Gasteiger charge is -2.04. The van der Waals surface area contributed by atoms with E-state index in [2.05, 4.69) is 10.2 Å². The molecule has 0 radical (unpaired) electrons. The lowest BCUT2D eigenvalue weighted by molar-refractivity contribution is 0.0696. The zero-order valence-corrected chi connectivity index (χ0v) is 10.2. The van der Waals surface area contributed by atoms with Crippen molar-refractivity contribution in [3.8, 4) is 17.0 Å². The van der Waals surface area contributed by atoms with Gasteiger partial charge in [0.05, 0.1) is 12.8 Å². The molecule has 0 atom stereocenters. The van der Waals surface area contributed by atoms with Crippen molar-refractivity contribution in [2.45, 2.75) is 0 Å². The van der Waals surface area contributed by atoms with Gasteiger partial charge in [-0.2, -0.15) is 0 Å². The molecule has 1 aromatic heterocycles. The van der Waals surface area contributed by atoms with Crippen LogP contribution in [0, 0.1) is 0 Å². The first-order valence-electron chi connectivity index (χ1n) is 5.03. The lowest BCUT2D eigenvalue weighted by atomic mass is 10.1. The summed E-state index contributed by atoms with van der Waals surface area (Å²) in [5.74, 6) is -0.427. The Kier molecular flexibility index (Phi) is 3.43. The molecule has 1 aromatic carbocycles. The van der Waals surface area contributed by atoms with E-state index in [1.54, 1.807) is 31.4 Å². The Morgan fingerprint density at radius 2 is 1.94 bits per heavy atom. The normalized spacial score (nSPS) is 10.1. The second-order valence-electron chi connectivity index (χ2n) is 3.47. The molecule has 0 unspecified atom stereocenters. The summed E-state index contributed by atoms with van der Waals surface area (Å²) in [6, 6.07) is 8.43. The molecule has 2 aromatic rings. The third-order valence-corrected chi connectivity index (χ3v) is 2.64. The quantitative estimate of drug-likeness (QED) is 0.922. The Morgan fingerprint density at radius 3 is 2.50 bits per heavy atom. The number of hydrogen-bond acceptors (Lipinski definition) is 4. The van der Waals surface area contributed by atoms with Gasteiger partial charge in [-0.05, 0) is 30.3 Å². The summed E-state index contributed by atoms with van der Waals surface area (Å²) in [5.41, 5.74) is 1.11. The second-order valence-corrected chi connectivity index (χ2v) is 3.83. The summed E-state index contributed by atoms with van der Waals surface area (Å²) in [6.07, 6.45) is 0. The zero-order valence-electron chi connectivity index (χ0n) is 9.42. The summed E-state index contributed by atoms with van der Waals surface area (Å²) in [6.45, 7) is 0. The van der Waals surface area contributed by atoms with Crippen LogP contribution in [0.15, 0.2) is 30.3 Å². The number of carboxylic acids is 1. The first-order chi connectivity index (χ1) is 8.61. The highest BCUT2D eigenvalue weighted by atomic mass is 35.5. The number of methoxy groups -OCH3 is 1. The number of carbonyl (C=O) groups is 1. The maximum atomic E-state index is 10.9. The van der Waals surface area contributed by atoms with Gasteiger partial charge in [-0.15, -0.1) is 10.2 Å². The van der Waals surface area contributed by atoms with Gasteiger partial charge in [0.25, 0.3) is 0 Å². The van der Waals surface area contributed by atoms with Crippen molar-refractivity contribution in [2.24, 2.45) is 0 Å². The molecule has 5 nitrogen and oxygen atoms in total. The summed E-state index contributed by atoms with van der Waals surface area (Å²) in [5, 5.41) is 16.3. The Balaban J connectivity index is 2.44. The maximum Gasteiger partial charge on any atom is 0.338 e. The van der Waals surface area contributed by atoms with Crippen LogP contribution in [0.1, 0.15) is 10.4 Å². The van der Waals surface area contributed by atoms with Crippen LogP contribution in [-0.4, -0.2) is 28.4 Å². The van der Waals surface area contributed by atoms with E-state index < -0.39 is 5.97 Å². The molecule has 1 heterocycles. The van der Waals surface area contributed by atoms with E-state index >= 15 is 0 Å². The molecule has 0 saturated heterocycles. The number of aromatic nitrogens is 2. The summed E-state index contributed by atoms with van der Waals surface area (Å²) in [4.78, 5) is 10.9. The number of nitrogens with zero attached hydrogens (tertiary/aromatic N) is 2. The molecule has 0 aliphatic heterocycles. The van der Waals surface area contributed by atoms with Crippen molar-refractivity contribution < 1.29 is 14.6 Å². The molecule has 18 heavy (non-hydrogen) atoms. The first kappa shape index (κ1) is 12.3. The highest BCUT2D eigenvalue weighted by Crippen LogP contribution is 2.23. The molecule has 92 valence electrons. The molecular formula is C12H9ClN2O3. The minimum atomic E-state index is -1.13. The number of benzene rings is 1. The van der Waals surface area contributed by atoms with Crippen molar-refractivity contribution in [2.75, 3.05) is 7.11 Å². The minimum Gasteiger partial charge on any atom is -0.497 e. The van der Waals surface area contributed by atoms with Crippen LogP contribution < -0.4 is 4.74 Å². The minimum absolute atomic E-state index is 0.0718. The molecule has 6 heteroatoms. The van der Waals surface area contributed by atoms with Crippen molar-refractivity contribution in [1.29, 1.82) is 0 Å². The third-order valence-electron chi connectivity index (χ3n) is 2.37. The SMILES string of the molecule is COc1ccc(-c2cc(C(=O)O)c(Cl)nn2)cc1. The van der Waals surface area contributed by atoms with Crippen LogP contribution in [0.3, 0.4) is 0 Å². The average molecular weight is 265 g/mol. The topological polar surface area (TPSA) is 72.3 Å². The fourth-order valence-electron chi connectivity index (χ4n) is 1.43. The number of ether oxygens (including phenoxy) is 1. The molecule has 0 saturated carbocycles. The van der Waals surface area contributed by atoms with Gasteiger partial charge in [0.1, 0.15) is 11.3 Å². The van der Waals surface area contributed by atoms with Crippen molar-refractivity contribution >= 4 is 17.6 Å². The van der Waals surface area contributed by atoms with Crippen LogP contribution in [-0.2, 0) is 0 Å². The van der Waals surface area contributed by atoms with Crippen LogP contribution in [0.4, 0.5) is 0 Å². The number of rotatable bonds is 3. The van der Waals surface area contributed by atoms with Crippen LogP contribution in [0.2, 0.25) is 5.15 Å². The van der Waals surface area contributed by atoms with Gasteiger partial charge in [-0.1, -0.05) is 11.6 Å². The molecule has 0 amide bonds. The van der Waals surface area contributed by atoms with Gasteiger partial charge in [-0.25, -0.2) is 4.79 Å². The van der Waals surface area contributed by atoms with Crippen LogP contribution >= 0.6 is 11.6 Å². The van der Waals surface area contributed by atoms with E-state index in [9.17, 15) is 4.79 Å². The standard InChI is InChI=1S/C12H9ClN2O3/c1-18-8-4-2-7(3-5-8)10-6-9(12(16)17)11(13)15-14-10/h2-6H,1H3,(H,16,17). The highest BCUT2D eigenvalue weighted by molar-refractivity contribution is 6.32. The number of carboxylic acid groups (broad SMARTS) is 1. The largest absolute Gasteiger partial charge is 0.497 e. The Hall–Kier alpha value is -2.14. The second kappa shape index (κ2) is 5.01. The number of halogens is 1. The molecule has 0 aliphatic rings. The number of aromatic carboxylic acids is 1. The smallest absolute Gasteiger partial charge is 0.338 e. The predicted molar refractivity (Wildman–Crippen MR) is 66.0 cm³/mol. The predicted octanol–water partition coefficient (Wildman–Crippen LogP) is 2.50. The molecule has 0 spiro atoms. The maximum absolute atomic E-state index is 10.9. The Labute approximate surface area is 108 Å². The lowest BCUT2D eigenvalue weighted by Crippen LogP contribution is -2.01. The average Bonchev–Trinajstić information content (AvgIpc) is 2.39. The highest BCUT2D eigenvalue weighted by Gasteiger charge is 2.12. The molecule has 0 fully saturated rings. The molecular weight excluding hydrogens is 256 g/mol. The van der Waals surface area contributed by atoms with Crippen molar-refractivity contribution in [3.63, 3.8) is 0 Å². The summed E-state index contributed by atoms with van der Waals surface area (Å²) >= 11 is 5.65. The van der Waals surface area contributed by atoms with Gasteiger partial charge in [0.2, 0.25) is 0 Å². The van der Waals surface area contributed by atoms with Gasteiger partial charge >= 0.3 is 5.97 Å². The third kappa shape index (κ3) is 2.41. The van der Waals surface area contributed by atoms with E-state index in [-0.39, 0.29) is 10.7 Å². The van der Waals surface area contributed by atoms with E-state index in [4.69, 9.17) is 21.4 Å². The van der Waals surface area contributed by atoms with Gasteiger partial charge in [-0.3, -0.25) is 0 Å². The van der Waals surface area contributed by atoms with E-state index in [1.807, 2.05) is 0 Å².